The van der Waals surface area contributed by atoms with Gasteiger partial charge in [0, 0.05) is 13.0 Å². The molecule has 0 radical (unpaired) electrons. The third-order valence-corrected chi connectivity index (χ3v) is 4.83. The number of esters is 1. The summed E-state index contributed by atoms with van der Waals surface area (Å²) in [4.78, 5) is 36.3. The van der Waals surface area contributed by atoms with Gasteiger partial charge in [-0.1, -0.05) is 30.3 Å². The topological polar surface area (TPSA) is 135 Å². The number of ether oxygens (including phenoxy) is 3. The molecule has 1 aromatic carbocycles. The average Bonchev–Trinajstić information content (AvgIpc) is 3.18. The number of aromatic nitrogens is 2. The smallest absolute Gasteiger partial charge is 0.336 e. The molecule has 1 aliphatic heterocycles. The van der Waals surface area contributed by atoms with E-state index in [1.54, 1.807) is 0 Å². The maximum atomic E-state index is 14.2. The van der Waals surface area contributed by atoms with Gasteiger partial charge in [-0.2, -0.15) is 4.39 Å². The number of rotatable bonds is 9. The summed E-state index contributed by atoms with van der Waals surface area (Å²) in [7, 11) is 0. The third-order valence-electron chi connectivity index (χ3n) is 4.83. The number of carbonyl (C=O) groups excluding carboxylic acids is 1. The van der Waals surface area contributed by atoms with Crippen molar-refractivity contribution in [3.63, 3.8) is 0 Å². The zero-order valence-electron chi connectivity index (χ0n) is 16.7. The van der Waals surface area contributed by atoms with Gasteiger partial charge in [0.25, 0.3) is 5.56 Å². The van der Waals surface area contributed by atoms with Gasteiger partial charge in [-0.05, 0) is 5.56 Å². The minimum Gasteiger partial charge on any atom is -0.444 e. The molecule has 0 aliphatic carbocycles. The fourth-order valence-electron chi connectivity index (χ4n) is 3.22. The van der Waals surface area contributed by atoms with E-state index < -0.39 is 48.2 Å². The van der Waals surface area contributed by atoms with Crippen molar-refractivity contribution < 1.29 is 28.5 Å². The van der Waals surface area contributed by atoms with Crippen LogP contribution in [0.1, 0.15) is 24.6 Å². The molecule has 2 aromatic rings. The molecular weight excluding hydrogens is 413 g/mol. The molecule has 2 heterocycles. The number of aliphatic hydroxyl groups excluding tert-OH is 1. The molecule has 0 bridgehead atoms. The Morgan fingerprint density at radius 1 is 1.29 bits per heavy atom. The third kappa shape index (κ3) is 5.44. The van der Waals surface area contributed by atoms with Crippen LogP contribution in [0.4, 0.5) is 4.39 Å². The van der Waals surface area contributed by atoms with Crippen molar-refractivity contribution in [2.24, 2.45) is 5.73 Å². The Morgan fingerprint density at radius 3 is 2.71 bits per heavy atom. The van der Waals surface area contributed by atoms with E-state index in [9.17, 15) is 23.9 Å². The van der Waals surface area contributed by atoms with Crippen molar-refractivity contribution in [3.8, 4) is 0 Å². The number of aliphatic hydroxyl groups is 1. The molecule has 0 unspecified atom stereocenters. The Balaban J connectivity index is 1.77. The molecule has 168 valence electrons. The van der Waals surface area contributed by atoms with Crippen LogP contribution in [0.5, 0.6) is 0 Å². The average molecular weight is 437 g/mol. The monoisotopic (exact) mass is 437 g/mol. The van der Waals surface area contributed by atoms with Crippen molar-refractivity contribution in [1.29, 1.82) is 0 Å². The predicted octanol–water partition coefficient (Wildman–Crippen LogP) is -0.136. The van der Waals surface area contributed by atoms with Gasteiger partial charge in [0.1, 0.15) is 12.3 Å². The van der Waals surface area contributed by atoms with Crippen LogP contribution in [0.25, 0.3) is 0 Å². The zero-order valence-corrected chi connectivity index (χ0v) is 16.7. The molecule has 0 spiro atoms. The zero-order chi connectivity index (χ0) is 22.4. The normalized spacial score (nSPS) is 20.7. The maximum Gasteiger partial charge on any atom is 0.336 e. The van der Waals surface area contributed by atoms with Gasteiger partial charge >= 0.3 is 11.7 Å². The van der Waals surface area contributed by atoms with Crippen LogP contribution < -0.4 is 17.0 Å². The Morgan fingerprint density at radius 2 is 2.03 bits per heavy atom. The SMILES string of the molecule is NCCC(=O)OCn1c(=O)c(F)cn([C@H]2C[C@H](OCc3ccccc3)[C@@H](CO)O2)c1=O. The lowest BCUT2D eigenvalue weighted by molar-refractivity contribution is -0.147. The van der Waals surface area contributed by atoms with Crippen molar-refractivity contribution in [2.75, 3.05) is 13.2 Å². The van der Waals surface area contributed by atoms with Crippen LogP contribution in [-0.2, 0) is 32.3 Å². The van der Waals surface area contributed by atoms with Crippen molar-refractivity contribution >= 4 is 5.97 Å². The Kier molecular flexibility index (Phi) is 7.69. The summed E-state index contributed by atoms with van der Waals surface area (Å²) in [5.41, 5.74) is 4.02. The number of halogens is 1. The second-order valence-electron chi connectivity index (χ2n) is 6.97. The van der Waals surface area contributed by atoms with Crippen molar-refractivity contribution in [2.45, 2.75) is 44.6 Å². The minimum atomic E-state index is -1.23. The van der Waals surface area contributed by atoms with E-state index >= 15 is 0 Å². The molecule has 1 fully saturated rings. The fourth-order valence-corrected chi connectivity index (χ4v) is 3.22. The second kappa shape index (κ2) is 10.4. The van der Waals surface area contributed by atoms with Crippen molar-refractivity contribution in [3.05, 3.63) is 68.7 Å². The largest absolute Gasteiger partial charge is 0.444 e. The lowest BCUT2D eigenvalue weighted by atomic mass is 10.1. The summed E-state index contributed by atoms with van der Waals surface area (Å²) >= 11 is 0. The highest BCUT2D eigenvalue weighted by Crippen LogP contribution is 2.30. The van der Waals surface area contributed by atoms with Crippen LogP contribution in [0.15, 0.2) is 46.1 Å². The van der Waals surface area contributed by atoms with Gasteiger partial charge in [-0.15, -0.1) is 0 Å². The van der Waals surface area contributed by atoms with Crippen LogP contribution in [-0.4, -0.2) is 45.6 Å². The number of hydrogen-bond acceptors (Lipinski definition) is 8. The highest BCUT2D eigenvalue weighted by Gasteiger charge is 2.37. The molecule has 1 saturated heterocycles. The van der Waals surface area contributed by atoms with Gasteiger partial charge < -0.3 is 25.1 Å². The number of carbonyl (C=O) groups is 1. The summed E-state index contributed by atoms with van der Waals surface area (Å²) in [6, 6.07) is 9.36. The summed E-state index contributed by atoms with van der Waals surface area (Å²) in [5.74, 6) is -1.94. The molecule has 3 rings (SSSR count). The number of nitrogens with two attached hydrogens (primary N) is 1. The number of benzene rings is 1. The molecule has 3 atom stereocenters. The van der Waals surface area contributed by atoms with Crippen LogP contribution in [0, 0.1) is 5.82 Å². The van der Waals surface area contributed by atoms with Gasteiger partial charge in [0.2, 0.25) is 5.82 Å². The first-order chi connectivity index (χ1) is 14.9. The van der Waals surface area contributed by atoms with Gasteiger partial charge in [0.05, 0.1) is 31.9 Å². The van der Waals surface area contributed by atoms with Gasteiger partial charge in [-0.25, -0.2) is 9.36 Å². The van der Waals surface area contributed by atoms with Crippen LogP contribution in [0.2, 0.25) is 0 Å². The van der Waals surface area contributed by atoms with E-state index in [2.05, 4.69) is 0 Å². The predicted molar refractivity (Wildman–Crippen MR) is 105 cm³/mol. The van der Waals surface area contributed by atoms with E-state index in [0.717, 1.165) is 16.3 Å². The van der Waals surface area contributed by atoms with Gasteiger partial charge in [0.15, 0.2) is 6.73 Å². The quantitative estimate of drug-likeness (QED) is 0.518. The highest BCUT2D eigenvalue weighted by molar-refractivity contribution is 5.69. The van der Waals surface area contributed by atoms with E-state index in [0.29, 0.717) is 4.57 Å². The maximum absolute atomic E-state index is 14.2. The number of hydrogen-bond donors (Lipinski definition) is 2. The molecule has 1 aliphatic rings. The standard InChI is InChI=1S/C20H24FN3O7/c21-14-9-23(20(28)24(19(14)27)12-30-18(26)6-7-22)17-8-15(16(10-25)31-17)29-11-13-4-2-1-3-5-13/h1-5,9,15-17,25H,6-8,10-12,22H2/t15-,16+,17+/m0/s1. The molecule has 0 amide bonds. The first-order valence-electron chi connectivity index (χ1n) is 9.73. The number of nitrogens with zero attached hydrogens (tertiary/aromatic N) is 2. The van der Waals surface area contributed by atoms with Crippen molar-refractivity contribution in [1.82, 2.24) is 9.13 Å². The van der Waals surface area contributed by atoms with Gasteiger partial charge in [-0.3, -0.25) is 14.2 Å². The first-order valence-corrected chi connectivity index (χ1v) is 9.73. The Bertz CT molecular complexity index is 1010. The second-order valence-corrected chi connectivity index (χ2v) is 6.97. The summed E-state index contributed by atoms with van der Waals surface area (Å²) < 4.78 is 31.9. The molecule has 11 heteroatoms. The van der Waals surface area contributed by atoms with E-state index in [1.807, 2.05) is 30.3 Å². The molecule has 3 N–H and O–H groups in total. The molecule has 1 aromatic heterocycles. The van der Waals surface area contributed by atoms with Crippen LogP contribution in [0.3, 0.4) is 0 Å². The van der Waals surface area contributed by atoms with E-state index in [1.165, 1.54) is 0 Å². The highest BCUT2D eigenvalue weighted by atomic mass is 19.1. The summed E-state index contributed by atoms with van der Waals surface area (Å²) in [6.07, 6.45) is -1.52. The molecule has 0 saturated carbocycles. The summed E-state index contributed by atoms with van der Waals surface area (Å²) in [5, 5.41) is 9.63. The van der Waals surface area contributed by atoms with Crippen LogP contribution >= 0.6 is 0 Å². The molecule has 31 heavy (non-hydrogen) atoms. The molecule has 10 nitrogen and oxygen atoms in total. The Hall–Kier alpha value is -2.86. The van der Waals surface area contributed by atoms with E-state index in [4.69, 9.17) is 19.9 Å². The first kappa shape index (κ1) is 22.8. The lowest BCUT2D eigenvalue weighted by Gasteiger charge is -2.17. The van der Waals surface area contributed by atoms with E-state index in [-0.39, 0.29) is 32.6 Å². The molecular formula is C20H24FN3O7. The summed E-state index contributed by atoms with van der Waals surface area (Å²) in [6.45, 7) is -0.830. The lowest BCUT2D eigenvalue weighted by Crippen LogP contribution is -2.43. The fraction of sp³-hybridized carbons (Fsp3) is 0.450. The minimum absolute atomic E-state index is 0.0317. The Labute approximate surface area is 176 Å².